The van der Waals surface area contributed by atoms with Gasteiger partial charge in [0.25, 0.3) is 0 Å². The van der Waals surface area contributed by atoms with E-state index in [9.17, 15) is 0 Å². The van der Waals surface area contributed by atoms with Crippen LogP contribution in [0.3, 0.4) is 0 Å². The van der Waals surface area contributed by atoms with Crippen molar-refractivity contribution < 1.29 is 19.6 Å². The third-order valence-corrected chi connectivity index (χ3v) is 3.24. The molecule has 1 saturated carbocycles. The van der Waals surface area contributed by atoms with Gasteiger partial charge in [0.15, 0.2) is 0 Å². The van der Waals surface area contributed by atoms with Crippen LogP contribution < -0.4 is 0 Å². The minimum Gasteiger partial charge on any atom is -0.233 e. The summed E-state index contributed by atoms with van der Waals surface area (Å²) in [6.07, 6.45) is 7.02. The first-order valence-corrected chi connectivity index (χ1v) is 8.40. The Bertz CT molecular complexity index is 321. The van der Waals surface area contributed by atoms with Crippen LogP contribution in [0.25, 0.3) is 0 Å². The second-order valence-corrected chi connectivity index (χ2v) is 7.97. The Kier molecular flexibility index (Phi) is 10.7. The lowest BCUT2D eigenvalue weighted by Gasteiger charge is -2.38. The lowest BCUT2D eigenvalue weighted by Crippen LogP contribution is -2.34. The van der Waals surface area contributed by atoms with Crippen molar-refractivity contribution in [1.29, 1.82) is 0 Å². The molecule has 0 aromatic carbocycles. The second-order valence-electron chi connectivity index (χ2n) is 7.97. The third-order valence-electron chi connectivity index (χ3n) is 3.24. The molecular weight excluding hydrogens is 292 g/mol. The molecular formula is C19H36O4. The number of rotatable bonds is 7. The zero-order valence-electron chi connectivity index (χ0n) is 15.9. The van der Waals surface area contributed by atoms with Crippen LogP contribution in [0.1, 0.15) is 60.8 Å². The first kappa shape index (κ1) is 22.3. The van der Waals surface area contributed by atoms with E-state index in [1.165, 1.54) is 6.42 Å². The highest BCUT2D eigenvalue weighted by atomic mass is 17.2. The van der Waals surface area contributed by atoms with Gasteiger partial charge in [-0.25, -0.2) is 19.6 Å². The van der Waals surface area contributed by atoms with Crippen molar-refractivity contribution >= 4 is 0 Å². The molecule has 0 aliphatic heterocycles. The highest BCUT2D eigenvalue weighted by Gasteiger charge is 2.33. The maximum Gasteiger partial charge on any atom is 0.100 e. The average molecular weight is 328 g/mol. The fourth-order valence-corrected chi connectivity index (χ4v) is 2.74. The molecule has 1 aliphatic carbocycles. The van der Waals surface area contributed by atoms with Crippen LogP contribution in [-0.2, 0) is 19.6 Å². The fourth-order valence-electron chi connectivity index (χ4n) is 2.74. The molecule has 136 valence electrons. The minimum atomic E-state index is -0.204. The molecule has 0 spiro atoms. The molecule has 0 saturated heterocycles. The van der Waals surface area contributed by atoms with Crippen molar-refractivity contribution in [2.75, 3.05) is 13.2 Å². The van der Waals surface area contributed by atoms with Gasteiger partial charge in [-0.05, 0) is 51.4 Å². The first-order chi connectivity index (χ1) is 10.6. The summed E-state index contributed by atoms with van der Waals surface area (Å²) < 4.78 is 0. The smallest absolute Gasteiger partial charge is 0.100 e. The summed E-state index contributed by atoms with van der Waals surface area (Å²) in [7, 11) is 0. The van der Waals surface area contributed by atoms with Gasteiger partial charge in [-0.1, -0.05) is 32.9 Å². The van der Waals surface area contributed by atoms with E-state index >= 15 is 0 Å². The van der Waals surface area contributed by atoms with Gasteiger partial charge in [-0.15, -0.1) is 13.2 Å². The predicted molar refractivity (Wildman–Crippen MR) is 94.8 cm³/mol. The zero-order valence-corrected chi connectivity index (χ0v) is 15.9. The lowest BCUT2D eigenvalue weighted by molar-refractivity contribution is -0.380. The highest BCUT2D eigenvalue weighted by Crippen LogP contribution is 2.39. The molecule has 0 amide bonds. The Morgan fingerprint density at radius 3 is 1.96 bits per heavy atom. The molecule has 2 unspecified atom stereocenters. The molecule has 1 aliphatic rings. The van der Waals surface area contributed by atoms with Crippen molar-refractivity contribution in [1.82, 2.24) is 0 Å². The van der Waals surface area contributed by atoms with Gasteiger partial charge in [-0.3, -0.25) is 0 Å². The quantitative estimate of drug-likeness (QED) is 0.277. The van der Waals surface area contributed by atoms with E-state index in [1.807, 2.05) is 20.8 Å². The minimum absolute atomic E-state index is 0.204. The van der Waals surface area contributed by atoms with Gasteiger partial charge >= 0.3 is 0 Å². The number of hydrogen-bond donors (Lipinski definition) is 0. The summed E-state index contributed by atoms with van der Waals surface area (Å²) in [5, 5.41) is 0. The highest BCUT2D eigenvalue weighted by molar-refractivity contribution is 4.82. The van der Waals surface area contributed by atoms with E-state index in [1.54, 1.807) is 12.2 Å². The molecule has 4 heteroatoms. The number of hydrogen-bond acceptors (Lipinski definition) is 4. The van der Waals surface area contributed by atoms with Crippen molar-refractivity contribution in [3.63, 3.8) is 0 Å². The van der Waals surface area contributed by atoms with Crippen LogP contribution in [-0.4, -0.2) is 24.9 Å². The molecule has 0 bridgehead atoms. The van der Waals surface area contributed by atoms with Crippen molar-refractivity contribution in [3.05, 3.63) is 25.3 Å². The van der Waals surface area contributed by atoms with Crippen LogP contribution in [0.4, 0.5) is 0 Å². The zero-order chi connectivity index (χ0) is 17.9. The average Bonchev–Trinajstić information content (AvgIpc) is 2.39. The van der Waals surface area contributed by atoms with Gasteiger partial charge in [0.05, 0.1) is 11.7 Å². The molecule has 2 atom stereocenters. The molecule has 4 nitrogen and oxygen atoms in total. The van der Waals surface area contributed by atoms with Gasteiger partial charge in [0, 0.05) is 0 Å². The van der Waals surface area contributed by atoms with Crippen LogP contribution >= 0.6 is 0 Å². The maximum atomic E-state index is 5.55. The predicted octanol–water partition coefficient (Wildman–Crippen LogP) is 5.25. The van der Waals surface area contributed by atoms with E-state index < -0.39 is 0 Å². The normalized spacial score (nSPS) is 23.6. The molecule has 23 heavy (non-hydrogen) atoms. The van der Waals surface area contributed by atoms with Crippen molar-refractivity contribution in [2.45, 2.75) is 72.5 Å². The monoisotopic (exact) mass is 328 g/mol. The van der Waals surface area contributed by atoms with Crippen LogP contribution in [0.5, 0.6) is 0 Å². The molecule has 0 aromatic heterocycles. The Labute approximate surface area is 142 Å². The van der Waals surface area contributed by atoms with Crippen LogP contribution in [0.2, 0.25) is 0 Å². The van der Waals surface area contributed by atoms with Crippen molar-refractivity contribution in [2.24, 2.45) is 11.3 Å². The lowest BCUT2D eigenvalue weighted by atomic mass is 9.71. The summed E-state index contributed by atoms with van der Waals surface area (Å²) in [6.45, 7) is 20.7. The van der Waals surface area contributed by atoms with E-state index in [-0.39, 0.29) is 11.7 Å². The van der Waals surface area contributed by atoms with E-state index in [4.69, 9.17) is 9.78 Å². The van der Waals surface area contributed by atoms with Crippen LogP contribution in [0.15, 0.2) is 25.3 Å². The molecule has 0 aromatic rings. The topological polar surface area (TPSA) is 36.9 Å². The van der Waals surface area contributed by atoms with Crippen LogP contribution in [0, 0.1) is 11.3 Å². The third kappa shape index (κ3) is 13.5. The van der Waals surface area contributed by atoms with Gasteiger partial charge in [-0.2, -0.15) is 0 Å². The fraction of sp³-hybridized carbons (Fsp3) is 0.789. The Hall–Kier alpha value is -0.680. The van der Waals surface area contributed by atoms with Gasteiger partial charge in [0.1, 0.15) is 13.2 Å². The molecule has 1 rings (SSSR count). The largest absolute Gasteiger partial charge is 0.233 e. The first-order valence-electron chi connectivity index (χ1n) is 8.40. The second kappa shape index (κ2) is 11.0. The summed E-state index contributed by atoms with van der Waals surface area (Å²) in [4.78, 5) is 20.0. The van der Waals surface area contributed by atoms with E-state index in [2.05, 4.69) is 43.7 Å². The molecule has 0 heterocycles. The Balaban J connectivity index is 0.000000515. The summed E-state index contributed by atoms with van der Waals surface area (Å²) in [6, 6.07) is 0. The SMILES string of the molecule is C=CCOOCC=C.CC1CC(OOC(C)(C)C)CC(C)(C)C1. The summed E-state index contributed by atoms with van der Waals surface area (Å²) in [5.41, 5.74) is 0.189. The Morgan fingerprint density at radius 2 is 1.57 bits per heavy atom. The molecule has 0 radical (unpaired) electrons. The molecule has 1 fully saturated rings. The molecule has 0 N–H and O–H groups in total. The van der Waals surface area contributed by atoms with E-state index in [0.29, 0.717) is 18.6 Å². The van der Waals surface area contributed by atoms with E-state index in [0.717, 1.165) is 18.8 Å². The standard InChI is InChI=1S/C13H26O2.C6H10O2/c1-10-7-11(9-13(5,6)8-10)14-15-12(2,3)4;1-3-5-7-8-6-4-2/h10-11H,7-9H2,1-6H3;3-4H,1-2,5-6H2. The van der Waals surface area contributed by atoms with Crippen molar-refractivity contribution in [3.8, 4) is 0 Å². The summed E-state index contributed by atoms with van der Waals surface area (Å²) in [5.74, 6) is 0.738. The van der Waals surface area contributed by atoms with Gasteiger partial charge in [0.2, 0.25) is 0 Å². The Morgan fingerprint density at radius 1 is 1.04 bits per heavy atom. The summed E-state index contributed by atoms with van der Waals surface area (Å²) >= 11 is 0. The van der Waals surface area contributed by atoms with Gasteiger partial charge < -0.3 is 0 Å². The maximum absolute atomic E-state index is 5.55.